The third kappa shape index (κ3) is 3.26. The fourth-order valence-electron chi connectivity index (χ4n) is 2.68. The molecule has 1 atom stereocenters. The van der Waals surface area contributed by atoms with E-state index in [-0.39, 0.29) is 0 Å². The zero-order valence-electron chi connectivity index (χ0n) is 11.6. The molecule has 20 heavy (non-hydrogen) atoms. The first kappa shape index (κ1) is 13.3. The molecular weight excluding hydrogens is 250 g/mol. The number of hydrogen-bond donors (Lipinski definition) is 2. The van der Waals surface area contributed by atoms with Gasteiger partial charge in [0.2, 0.25) is 0 Å². The quantitative estimate of drug-likeness (QED) is 0.879. The van der Waals surface area contributed by atoms with Crippen LogP contribution in [0.3, 0.4) is 0 Å². The molecule has 2 N–H and O–H groups in total. The van der Waals surface area contributed by atoms with Gasteiger partial charge in [-0.1, -0.05) is 30.3 Å². The lowest BCUT2D eigenvalue weighted by Gasteiger charge is -2.22. The van der Waals surface area contributed by atoms with Gasteiger partial charge in [0.25, 0.3) is 0 Å². The molecule has 0 saturated carbocycles. The number of aromatic amines is 1. The van der Waals surface area contributed by atoms with E-state index < -0.39 is 0 Å². The second-order valence-electron chi connectivity index (χ2n) is 5.35. The first-order valence-electron chi connectivity index (χ1n) is 7.29. The van der Waals surface area contributed by atoms with Crippen LogP contribution in [0.4, 0.5) is 0 Å². The van der Waals surface area contributed by atoms with Crippen molar-refractivity contribution in [3.05, 3.63) is 42.1 Å². The van der Waals surface area contributed by atoms with Crippen LogP contribution in [-0.2, 0) is 11.3 Å². The molecule has 0 amide bonds. The summed E-state index contributed by atoms with van der Waals surface area (Å²) in [6.45, 7) is 3.68. The summed E-state index contributed by atoms with van der Waals surface area (Å²) in [5.74, 6) is 0.649. The van der Waals surface area contributed by atoms with Crippen molar-refractivity contribution < 1.29 is 4.74 Å². The average Bonchev–Trinajstić information content (AvgIpc) is 2.98. The van der Waals surface area contributed by atoms with Crippen LogP contribution in [0.2, 0.25) is 0 Å². The molecule has 1 aliphatic heterocycles. The largest absolute Gasteiger partial charge is 0.381 e. The summed E-state index contributed by atoms with van der Waals surface area (Å²) in [5, 5.41) is 10.8. The average molecular weight is 271 g/mol. The van der Waals surface area contributed by atoms with Crippen LogP contribution in [0.25, 0.3) is 11.3 Å². The Morgan fingerprint density at radius 2 is 2.20 bits per heavy atom. The van der Waals surface area contributed by atoms with E-state index in [1.807, 2.05) is 24.4 Å². The van der Waals surface area contributed by atoms with Crippen LogP contribution in [0.15, 0.2) is 36.5 Å². The summed E-state index contributed by atoms with van der Waals surface area (Å²) in [6, 6.07) is 10.3. The molecular formula is C16H21N3O. The molecule has 106 valence electrons. The van der Waals surface area contributed by atoms with Crippen LogP contribution in [0.5, 0.6) is 0 Å². The summed E-state index contributed by atoms with van der Waals surface area (Å²) in [4.78, 5) is 0. The Labute approximate surface area is 119 Å². The molecule has 0 aliphatic carbocycles. The van der Waals surface area contributed by atoms with Gasteiger partial charge in [-0.3, -0.25) is 5.10 Å². The summed E-state index contributed by atoms with van der Waals surface area (Å²) in [5.41, 5.74) is 3.51. The fourth-order valence-corrected chi connectivity index (χ4v) is 2.68. The third-order valence-corrected chi connectivity index (χ3v) is 3.78. The zero-order valence-corrected chi connectivity index (χ0v) is 11.6. The molecule has 1 aliphatic rings. The highest BCUT2D eigenvalue weighted by molar-refractivity contribution is 5.62. The van der Waals surface area contributed by atoms with Crippen molar-refractivity contribution in [2.24, 2.45) is 5.92 Å². The molecule has 4 nitrogen and oxygen atoms in total. The molecule has 4 heteroatoms. The van der Waals surface area contributed by atoms with Gasteiger partial charge in [-0.25, -0.2) is 0 Å². The third-order valence-electron chi connectivity index (χ3n) is 3.78. The van der Waals surface area contributed by atoms with Gasteiger partial charge >= 0.3 is 0 Å². The molecule has 1 fully saturated rings. The first-order valence-corrected chi connectivity index (χ1v) is 7.29. The normalized spacial score (nSPS) is 19.1. The molecule has 1 unspecified atom stereocenters. The van der Waals surface area contributed by atoms with Crippen molar-refractivity contribution in [2.75, 3.05) is 19.8 Å². The van der Waals surface area contributed by atoms with Gasteiger partial charge in [-0.2, -0.15) is 5.10 Å². The van der Waals surface area contributed by atoms with Crippen molar-refractivity contribution in [1.82, 2.24) is 15.5 Å². The Kier molecular flexibility index (Phi) is 4.46. The Balaban J connectivity index is 1.57. The number of ether oxygens (including phenoxy) is 1. The molecule has 2 aromatic rings. The Hall–Kier alpha value is -1.65. The summed E-state index contributed by atoms with van der Waals surface area (Å²) < 4.78 is 5.50. The predicted molar refractivity (Wildman–Crippen MR) is 79.3 cm³/mol. The molecule has 1 saturated heterocycles. The summed E-state index contributed by atoms with van der Waals surface area (Å²) >= 11 is 0. The van der Waals surface area contributed by atoms with Crippen molar-refractivity contribution >= 4 is 0 Å². The summed E-state index contributed by atoms with van der Waals surface area (Å²) in [6.07, 6.45) is 4.37. The minimum Gasteiger partial charge on any atom is -0.381 e. The first-order chi connectivity index (χ1) is 9.93. The van der Waals surface area contributed by atoms with Crippen LogP contribution >= 0.6 is 0 Å². The van der Waals surface area contributed by atoms with Crippen LogP contribution in [0.1, 0.15) is 18.4 Å². The lowest BCUT2D eigenvalue weighted by molar-refractivity contribution is 0.0547. The van der Waals surface area contributed by atoms with Gasteiger partial charge in [0.1, 0.15) is 0 Å². The predicted octanol–water partition coefficient (Wildman–Crippen LogP) is 2.59. The van der Waals surface area contributed by atoms with Gasteiger partial charge < -0.3 is 10.1 Å². The highest BCUT2D eigenvalue weighted by Crippen LogP contribution is 2.20. The molecule has 1 aromatic carbocycles. The van der Waals surface area contributed by atoms with Crippen molar-refractivity contribution in [3.63, 3.8) is 0 Å². The topological polar surface area (TPSA) is 49.9 Å². The van der Waals surface area contributed by atoms with E-state index in [1.165, 1.54) is 24.0 Å². The number of benzene rings is 1. The van der Waals surface area contributed by atoms with Gasteiger partial charge in [0.15, 0.2) is 0 Å². The molecule has 0 bridgehead atoms. The zero-order chi connectivity index (χ0) is 13.6. The SMILES string of the molecule is c1ccc(-c2[nH]ncc2CNCC2CCCOC2)cc1. The van der Waals surface area contributed by atoms with Crippen molar-refractivity contribution in [3.8, 4) is 11.3 Å². The molecule has 2 heterocycles. The maximum atomic E-state index is 5.50. The Morgan fingerprint density at radius 1 is 1.30 bits per heavy atom. The second-order valence-corrected chi connectivity index (χ2v) is 5.35. The molecule has 0 radical (unpaired) electrons. The van der Waals surface area contributed by atoms with Crippen LogP contribution in [-0.4, -0.2) is 30.0 Å². The van der Waals surface area contributed by atoms with E-state index in [9.17, 15) is 0 Å². The second kappa shape index (κ2) is 6.68. The highest BCUT2D eigenvalue weighted by Gasteiger charge is 2.14. The van der Waals surface area contributed by atoms with Gasteiger partial charge in [0.05, 0.1) is 18.5 Å². The Bertz CT molecular complexity index is 518. The smallest absolute Gasteiger partial charge is 0.0695 e. The lowest BCUT2D eigenvalue weighted by Crippen LogP contribution is -2.28. The number of nitrogens with zero attached hydrogens (tertiary/aromatic N) is 1. The standard InChI is InChI=1S/C16H21N3O/c1-2-6-14(7-3-1)16-15(11-18-19-16)10-17-9-13-5-4-8-20-12-13/h1-3,6-7,11,13,17H,4-5,8-10,12H2,(H,18,19). The van der Waals surface area contributed by atoms with Gasteiger partial charge in [-0.05, 0) is 24.3 Å². The monoisotopic (exact) mass is 271 g/mol. The number of nitrogens with one attached hydrogen (secondary N) is 2. The minimum absolute atomic E-state index is 0.649. The minimum atomic E-state index is 0.649. The van der Waals surface area contributed by atoms with Crippen molar-refractivity contribution in [1.29, 1.82) is 0 Å². The number of H-pyrrole nitrogens is 1. The fraction of sp³-hybridized carbons (Fsp3) is 0.438. The van der Waals surface area contributed by atoms with E-state index in [4.69, 9.17) is 4.74 Å². The highest BCUT2D eigenvalue weighted by atomic mass is 16.5. The molecule has 1 aromatic heterocycles. The van der Waals surface area contributed by atoms with E-state index in [1.54, 1.807) is 0 Å². The Morgan fingerprint density at radius 3 is 3.00 bits per heavy atom. The molecule has 0 spiro atoms. The van der Waals surface area contributed by atoms with E-state index in [0.717, 1.165) is 32.0 Å². The van der Waals surface area contributed by atoms with Gasteiger partial charge in [0, 0.05) is 25.3 Å². The molecule has 3 rings (SSSR count). The van der Waals surface area contributed by atoms with Gasteiger partial charge in [-0.15, -0.1) is 0 Å². The number of aromatic nitrogens is 2. The van der Waals surface area contributed by atoms with Crippen LogP contribution in [0, 0.1) is 5.92 Å². The lowest BCUT2D eigenvalue weighted by atomic mass is 10.0. The maximum absolute atomic E-state index is 5.50. The van der Waals surface area contributed by atoms with E-state index in [0.29, 0.717) is 5.92 Å². The maximum Gasteiger partial charge on any atom is 0.0695 e. The number of hydrogen-bond acceptors (Lipinski definition) is 3. The van der Waals surface area contributed by atoms with Crippen LogP contribution < -0.4 is 5.32 Å². The van der Waals surface area contributed by atoms with E-state index >= 15 is 0 Å². The van der Waals surface area contributed by atoms with E-state index in [2.05, 4.69) is 27.6 Å². The number of rotatable bonds is 5. The summed E-state index contributed by atoms with van der Waals surface area (Å²) in [7, 11) is 0. The van der Waals surface area contributed by atoms with Crippen molar-refractivity contribution in [2.45, 2.75) is 19.4 Å².